The van der Waals surface area contributed by atoms with Crippen molar-refractivity contribution in [2.75, 3.05) is 5.32 Å². The second kappa shape index (κ2) is 4.65. The van der Waals surface area contributed by atoms with E-state index in [1.165, 1.54) is 31.4 Å². The molecule has 0 aliphatic heterocycles. The highest BCUT2D eigenvalue weighted by Crippen LogP contribution is 2.32. The van der Waals surface area contributed by atoms with Crippen LogP contribution < -0.4 is 11.1 Å². The Labute approximate surface area is 109 Å². The molecule has 0 amide bonds. The molecule has 0 spiro atoms. The van der Waals surface area contributed by atoms with Crippen molar-refractivity contribution in [3.8, 4) is 0 Å². The van der Waals surface area contributed by atoms with Gasteiger partial charge in [-0.25, -0.2) is 0 Å². The Morgan fingerprint density at radius 1 is 1.35 bits per heavy atom. The highest BCUT2D eigenvalue weighted by Gasteiger charge is 2.28. The molecule has 3 N–H and O–H groups in total. The lowest BCUT2D eigenvalue weighted by atomic mass is 9.99. The normalized spacial score (nSPS) is 18.0. The maximum Gasteiger partial charge on any atom is 0.104 e. The standard InChI is InChI=1S/C14H20N2S/c1-10-9-11(5-6-12(10)13(15)17)16-14(2)7-3-4-8-14/h5-6,9,16H,3-4,7-8H2,1-2H3,(H2,15,17). The van der Waals surface area contributed by atoms with Crippen LogP contribution in [0.1, 0.15) is 43.7 Å². The molecule has 0 heterocycles. The zero-order valence-electron chi connectivity index (χ0n) is 10.5. The third kappa shape index (κ3) is 2.78. The summed E-state index contributed by atoms with van der Waals surface area (Å²) < 4.78 is 0. The summed E-state index contributed by atoms with van der Waals surface area (Å²) >= 11 is 5.02. The highest BCUT2D eigenvalue weighted by atomic mass is 32.1. The molecule has 0 atom stereocenters. The van der Waals surface area contributed by atoms with E-state index in [-0.39, 0.29) is 5.54 Å². The molecule has 1 aliphatic carbocycles. The van der Waals surface area contributed by atoms with Gasteiger partial charge in [0.25, 0.3) is 0 Å². The van der Waals surface area contributed by atoms with Crippen molar-refractivity contribution < 1.29 is 0 Å². The van der Waals surface area contributed by atoms with Gasteiger partial charge in [-0.2, -0.15) is 0 Å². The van der Waals surface area contributed by atoms with E-state index in [2.05, 4.69) is 31.3 Å². The molecule has 1 aromatic carbocycles. The van der Waals surface area contributed by atoms with E-state index in [9.17, 15) is 0 Å². The molecule has 0 unspecified atom stereocenters. The van der Waals surface area contributed by atoms with Crippen LogP contribution >= 0.6 is 12.2 Å². The molecular weight excluding hydrogens is 228 g/mol. The van der Waals surface area contributed by atoms with Crippen molar-refractivity contribution in [2.24, 2.45) is 5.73 Å². The summed E-state index contributed by atoms with van der Waals surface area (Å²) in [6.07, 6.45) is 5.16. The summed E-state index contributed by atoms with van der Waals surface area (Å²) in [4.78, 5) is 0.473. The van der Waals surface area contributed by atoms with Crippen LogP contribution in [0.2, 0.25) is 0 Å². The average Bonchev–Trinajstić information content (AvgIpc) is 2.64. The van der Waals surface area contributed by atoms with Gasteiger partial charge in [-0.05, 0) is 50.5 Å². The predicted molar refractivity (Wildman–Crippen MR) is 77.6 cm³/mol. The van der Waals surface area contributed by atoms with Gasteiger partial charge < -0.3 is 11.1 Å². The smallest absolute Gasteiger partial charge is 0.104 e. The molecule has 1 aliphatic rings. The minimum absolute atomic E-state index is 0.261. The summed E-state index contributed by atoms with van der Waals surface area (Å²) in [5, 5.41) is 3.64. The lowest BCUT2D eigenvalue weighted by Crippen LogP contribution is -2.30. The van der Waals surface area contributed by atoms with E-state index < -0.39 is 0 Å². The largest absolute Gasteiger partial charge is 0.389 e. The van der Waals surface area contributed by atoms with Crippen LogP contribution in [-0.2, 0) is 0 Å². The van der Waals surface area contributed by atoms with E-state index in [1.54, 1.807) is 0 Å². The number of aryl methyl sites for hydroxylation is 1. The monoisotopic (exact) mass is 248 g/mol. The Kier molecular flexibility index (Phi) is 3.38. The molecule has 1 saturated carbocycles. The molecule has 0 radical (unpaired) electrons. The number of nitrogens with one attached hydrogen (secondary N) is 1. The molecule has 2 rings (SSSR count). The first-order valence-corrected chi connectivity index (χ1v) is 6.60. The summed E-state index contributed by atoms with van der Waals surface area (Å²) in [6, 6.07) is 6.22. The van der Waals surface area contributed by atoms with Crippen LogP contribution in [0.15, 0.2) is 18.2 Å². The van der Waals surface area contributed by atoms with Crippen molar-refractivity contribution >= 4 is 22.9 Å². The van der Waals surface area contributed by atoms with Gasteiger partial charge >= 0.3 is 0 Å². The maximum absolute atomic E-state index is 5.67. The van der Waals surface area contributed by atoms with Crippen LogP contribution in [0.5, 0.6) is 0 Å². The minimum atomic E-state index is 0.261. The Balaban J connectivity index is 2.17. The first-order chi connectivity index (χ1) is 8.00. The first kappa shape index (κ1) is 12.4. The van der Waals surface area contributed by atoms with Crippen LogP contribution in [0.4, 0.5) is 5.69 Å². The van der Waals surface area contributed by atoms with Gasteiger partial charge in [-0.3, -0.25) is 0 Å². The zero-order valence-corrected chi connectivity index (χ0v) is 11.4. The Hall–Kier alpha value is -1.09. The molecule has 0 saturated heterocycles. The summed E-state index contributed by atoms with van der Waals surface area (Å²) in [5.41, 5.74) is 9.22. The number of rotatable bonds is 3. The van der Waals surface area contributed by atoms with Crippen LogP contribution in [0.3, 0.4) is 0 Å². The van der Waals surface area contributed by atoms with Gasteiger partial charge in [0.15, 0.2) is 0 Å². The zero-order chi connectivity index (χ0) is 12.5. The third-order valence-electron chi connectivity index (χ3n) is 3.65. The number of benzene rings is 1. The molecule has 0 aromatic heterocycles. The van der Waals surface area contributed by atoms with Gasteiger partial charge in [-0.1, -0.05) is 25.1 Å². The molecule has 0 bridgehead atoms. The van der Waals surface area contributed by atoms with Crippen LogP contribution in [0.25, 0.3) is 0 Å². The fourth-order valence-electron chi connectivity index (χ4n) is 2.65. The maximum atomic E-state index is 5.67. The summed E-state index contributed by atoms with van der Waals surface area (Å²) in [5.74, 6) is 0. The van der Waals surface area contributed by atoms with E-state index in [4.69, 9.17) is 18.0 Å². The van der Waals surface area contributed by atoms with Gasteiger partial charge in [0.2, 0.25) is 0 Å². The minimum Gasteiger partial charge on any atom is -0.389 e. The van der Waals surface area contributed by atoms with E-state index in [0.29, 0.717) is 4.99 Å². The first-order valence-electron chi connectivity index (χ1n) is 6.19. The summed E-state index contributed by atoms with van der Waals surface area (Å²) in [7, 11) is 0. The van der Waals surface area contributed by atoms with E-state index >= 15 is 0 Å². The second-order valence-corrected chi connectivity index (χ2v) is 5.73. The van der Waals surface area contributed by atoms with Crippen molar-refractivity contribution in [1.82, 2.24) is 0 Å². The number of thiocarbonyl (C=S) groups is 1. The molecule has 2 nitrogen and oxygen atoms in total. The Morgan fingerprint density at radius 3 is 2.53 bits per heavy atom. The van der Waals surface area contributed by atoms with Crippen molar-refractivity contribution in [3.05, 3.63) is 29.3 Å². The fraction of sp³-hybridized carbons (Fsp3) is 0.500. The quantitative estimate of drug-likeness (QED) is 0.805. The number of nitrogens with two attached hydrogens (primary N) is 1. The average molecular weight is 248 g/mol. The van der Waals surface area contributed by atoms with Crippen molar-refractivity contribution in [2.45, 2.75) is 45.1 Å². The van der Waals surface area contributed by atoms with Gasteiger partial charge in [0.1, 0.15) is 4.99 Å². The van der Waals surface area contributed by atoms with Gasteiger partial charge in [0, 0.05) is 16.8 Å². The van der Waals surface area contributed by atoms with Crippen molar-refractivity contribution in [3.63, 3.8) is 0 Å². The fourth-order valence-corrected chi connectivity index (χ4v) is 2.88. The topological polar surface area (TPSA) is 38.0 Å². The SMILES string of the molecule is Cc1cc(NC2(C)CCCC2)ccc1C(N)=S. The lowest BCUT2D eigenvalue weighted by Gasteiger charge is -2.27. The van der Waals surface area contributed by atoms with E-state index in [1.807, 2.05) is 6.07 Å². The molecular formula is C14H20N2S. The van der Waals surface area contributed by atoms with Crippen molar-refractivity contribution in [1.29, 1.82) is 0 Å². The Morgan fingerprint density at radius 2 is 2.00 bits per heavy atom. The third-order valence-corrected chi connectivity index (χ3v) is 3.86. The second-order valence-electron chi connectivity index (χ2n) is 5.29. The van der Waals surface area contributed by atoms with Gasteiger partial charge in [0.05, 0.1) is 0 Å². The highest BCUT2D eigenvalue weighted by molar-refractivity contribution is 7.80. The summed E-state index contributed by atoms with van der Waals surface area (Å²) in [6.45, 7) is 4.35. The lowest BCUT2D eigenvalue weighted by molar-refractivity contribution is 0.533. The van der Waals surface area contributed by atoms with Gasteiger partial charge in [-0.15, -0.1) is 0 Å². The Bertz CT molecular complexity index is 434. The van der Waals surface area contributed by atoms with Crippen LogP contribution in [0, 0.1) is 6.92 Å². The number of anilines is 1. The molecule has 1 aromatic rings. The molecule has 3 heteroatoms. The predicted octanol–water partition coefficient (Wildman–Crippen LogP) is 3.37. The van der Waals surface area contributed by atoms with E-state index in [0.717, 1.165) is 11.1 Å². The molecule has 17 heavy (non-hydrogen) atoms. The number of hydrogen-bond acceptors (Lipinski definition) is 2. The molecule has 92 valence electrons. The van der Waals surface area contributed by atoms with Crippen LogP contribution in [-0.4, -0.2) is 10.5 Å². The molecule has 1 fully saturated rings. The number of hydrogen-bond donors (Lipinski definition) is 2.